The Morgan fingerprint density at radius 3 is 2.86 bits per heavy atom. The average molecular weight is 396 g/mol. The van der Waals surface area contributed by atoms with Crippen LogP contribution in [0.4, 0.5) is 0 Å². The van der Waals surface area contributed by atoms with Gasteiger partial charge in [-0.2, -0.15) is 0 Å². The number of nitrogens with one attached hydrogen (secondary N) is 1. The zero-order chi connectivity index (χ0) is 20.1. The molecule has 1 atom stereocenters. The number of aliphatic hydroxyl groups excluding tert-OH is 1. The minimum Gasteiger partial charge on any atom is -0.391 e. The van der Waals surface area contributed by atoms with Crippen LogP contribution in [0.15, 0.2) is 47.0 Å². The van der Waals surface area contributed by atoms with Crippen LogP contribution in [0.5, 0.6) is 0 Å². The summed E-state index contributed by atoms with van der Waals surface area (Å²) < 4.78 is 16.3. The molecule has 29 heavy (non-hydrogen) atoms. The summed E-state index contributed by atoms with van der Waals surface area (Å²) in [5, 5.41) is 18.7. The van der Waals surface area contributed by atoms with Crippen LogP contribution < -0.4 is 5.32 Å². The Morgan fingerprint density at radius 1 is 1.21 bits per heavy atom. The molecule has 4 rings (SSSR count). The topological polar surface area (TPSA) is 93.8 Å². The normalized spacial score (nSPS) is 16.4. The number of carbonyl (C=O) groups is 1. The molecule has 0 bridgehead atoms. The first kappa shape index (κ1) is 19.6. The zero-order valence-electron chi connectivity index (χ0n) is 16.1. The van der Waals surface area contributed by atoms with Crippen molar-refractivity contribution in [2.45, 2.75) is 26.2 Å². The molecule has 7 nitrogen and oxygen atoms in total. The first-order valence-electron chi connectivity index (χ1n) is 9.74. The number of nitrogens with zero attached hydrogens (tertiary/aromatic N) is 1. The summed E-state index contributed by atoms with van der Waals surface area (Å²) >= 11 is 0. The highest BCUT2D eigenvalue weighted by molar-refractivity contribution is 5.93. The smallest absolute Gasteiger partial charge is 0.273 e. The lowest BCUT2D eigenvalue weighted by atomic mass is 10.1. The molecule has 7 heteroatoms. The van der Waals surface area contributed by atoms with Crippen molar-refractivity contribution >= 4 is 16.7 Å². The molecule has 0 radical (unpaired) electrons. The molecule has 1 fully saturated rings. The SMILES string of the molecule is O=C(NCC1CCOC1)c1noc(COCc2ccc3ccccc3c2)c1CO. The maximum atomic E-state index is 12.4. The number of benzene rings is 2. The van der Waals surface area contributed by atoms with Crippen LogP contribution >= 0.6 is 0 Å². The van der Waals surface area contributed by atoms with E-state index in [2.05, 4.69) is 34.7 Å². The Balaban J connectivity index is 1.35. The van der Waals surface area contributed by atoms with Gasteiger partial charge in [0.15, 0.2) is 11.5 Å². The number of hydrogen-bond donors (Lipinski definition) is 2. The van der Waals surface area contributed by atoms with Gasteiger partial charge in [-0.15, -0.1) is 0 Å². The van der Waals surface area contributed by atoms with E-state index in [9.17, 15) is 9.90 Å². The van der Waals surface area contributed by atoms with Gasteiger partial charge in [0.2, 0.25) is 0 Å². The van der Waals surface area contributed by atoms with Gasteiger partial charge >= 0.3 is 0 Å². The van der Waals surface area contributed by atoms with Gasteiger partial charge in [-0.25, -0.2) is 0 Å². The minimum absolute atomic E-state index is 0.107. The monoisotopic (exact) mass is 396 g/mol. The van der Waals surface area contributed by atoms with Crippen molar-refractivity contribution in [3.05, 3.63) is 65.0 Å². The second kappa shape index (κ2) is 9.17. The molecule has 0 spiro atoms. The molecule has 2 N–H and O–H groups in total. The Hall–Kier alpha value is -2.74. The maximum Gasteiger partial charge on any atom is 0.273 e. The largest absolute Gasteiger partial charge is 0.391 e. The minimum atomic E-state index is -0.356. The van der Waals surface area contributed by atoms with E-state index in [4.69, 9.17) is 14.0 Å². The predicted octanol–water partition coefficient (Wildman–Crippen LogP) is 2.80. The van der Waals surface area contributed by atoms with Gasteiger partial charge in [0.25, 0.3) is 5.91 Å². The number of rotatable bonds is 8. The van der Waals surface area contributed by atoms with Crippen LogP contribution in [0, 0.1) is 5.92 Å². The van der Waals surface area contributed by atoms with E-state index in [1.807, 2.05) is 18.2 Å². The van der Waals surface area contributed by atoms with Crippen LogP contribution in [0.1, 0.15) is 33.8 Å². The highest BCUT2D eigenvalue weighted by Gasteiger charge is 2.23. The lowest BCUT2D eigenvalue weighted by Crippen LogP contribution is -2.30. The van der Waals surface area contributed by atoms with E-state index in [0.717, 1.165) is 24.0 Å². The molecule has 3 aromatic rings. The first-order valence-corrected chi connectivity index (χ1v) is 9.74. The highest BCUT2D eigenvalue weighted by atomic mass is 16.5. The average Bonchev–Trinajstić information content (AvgIpc) is 3.41. The quantitative estimate of drug-likeness (QED) is 0.608. The highest BCUT2D eigenvalue weighted by Crippen LogP contribution is 2.19. The lowest BCUT2D eigenvalue weighted by molar-refractivity contribution is 0.0863. The van der Waals surface area contributed by atoms with Gasteiger partial charge in [0, 0.05) is 19.1 Å². The molecular formula is C22H24N2O5. The van der Waals surface area contributed by atoms with Crippen molar-refractivity contribution in [3.63, 3.8) is 0 Å². The van der Waals surface area contributed by atoms with Crippen molar-refractivity contribution in [1.82, 2.24) is 10.5 Å². The van der Waals surface area contributed by atoms with Gasteiger partial charge in [0.05, 0.1) is 25.4 Å². The van der Waals surface area contributed by atoms with Gasteiger partial charge in [-0.1, -0.05) is 41.6 Å². The van der Waals surface area contributed by atoms with Crippen molar-refractivity contribution in [1.29, 1.82) is 0 Å². The fourth-order valence-corrected chi connectivity index (χ4v) is 3.45. The number of hydrogen-bond acceptors (Lipinski definition) is 6. The van der Waals surface area contributed by atoms with Crippen LogP contribution in [0.25, 0.3) is 10.8 Å². The molecule has 152 valence electrons. The van der Waals surface area contributed by atoms with E-state index < -0.39 is 0 Å². The Kier molecular flexibility index (Phi) is 6.19. The molecule has 1 aromatic heterocycles. The third-order valence-corrected chi connectivity index (χ3v) is 5.13. The molecule has 0 aliphatic carbocycles. The van der Waals surface area contributed by atoms with E-state index in [0.29, 0.717) is 37.0 Å². The van der Waals surface area contributed by atoms with Gasteiger partial charge in [-0.05, 0) is 28.8 Å². The van der Waals surface area contributed by atoms with Crippen LogP contribution in [0.3, 0.4) is 0 Å². The van der Waals surface area contributed by atoms with Gasteiger partial charge in [0.1, 0.15) is 6.61 Å². The second-order valence-corrected chi connectivity index (χ2v) is 7.20. The number of carbonyl (C=O) groups excluding carboxylic acids is 1. The third kappa shape index (κ3) is 4.64. The Labute approximate surface area is 168 Å². The van der Waals surface area contributed by atoms with Crippen LogP contribution in [-0.4, -0.2) is 35.9 Å². The van der Waals surface area contributed by atoms with E-state index in [-0.39, 0.29) is 24.8 Å². The molecule has 1 aliphatic rings. The van der Waals surface area contributed by atoms with E-state index in [1.165, 1.54) is 5.39 Å². The van der Waals surface area contributed by atoms with Crippen molar-refractivity contribution in [3.8, 4) is 0 Å². The number of aliphatic hydroxyl groups is 1. The molecule has 0 saturated carbocycles. The summed E-state index contributed by atoms with van der Waals surface area (Å²) in [5.41, 5.74) is 1.50. The number of ether oxygens (including phenoxy) is 2. The third-order valence-electron chi connectivity index (χ3n) is 5.13. The predicted molar refractivity (Wildman–Crippen MR) is 106 cm³/mol. The second-order valence-electron chi connectivity index (χ2n) is 7.20. The Morgan fingerprint density at radius 2 is 2.07 bits per heavy atom. The van der Waals surface area contributed by atoms with E-state index >= 15 is 0 Å². The summed E-state index contributed by atoms with van der Waals surface area (Å²) in [5.74, 6) is 0.321. The summed E-state index contributed by atoms with van der Waals surface area (Å²) in [6.45, 7) is 2.07. The standard InChI is InChI=1S/C22H24N2O5/c25-11-19-20(29-24-21(19)22(26)23-10-16-7-8-27-13-16)14-28-12-15-5-6-17-3-1-2-4-18(17)9-15/h1-6,9,16,25H,7-8,10-14H2,(H,23,26). The fraction of sp³-hybridized carbons (Fsp3) is 0.364. The van der Waals surface area contributed by atoms with Crippen LogP contribution in [0.2, 0.25) is 0 Å². The van der Waals surface area contributed by atoms with Crippen LogP contribution in [-0.2, 0) is 29.3 Å². The first-order chi connectivity index (χ1) is 14.2. The van der Waals surface area contributed by atoms with Crippen molar-refractivity contribution < 1.29 is 23.9 Å². The van der Waals surface area contributed by atoms with Gasteiger partial charge in [-0.3, -0.25) is 4.79 Å². The summed E-state index contributed by atoms with van der Waals surface area (Å²) in [6, 6.07) is 14.3. The molecule has 1 aliphatic heterocycles. The zero-order valence-corrected chi connectivity index (χ0v) is 16.1. The molecule has 2 heterocycles. The Bertz CT molecular complexity index is 978. The number of aromatic nitrogens is 1. The molecule has 1 saturated heterocycles. The molecule has 2 aromatic carbocycles. The number of amides is 1. The summed E-state index contributed by atoms with van der Waals surface area (Å²) in [6.07, 6.45) is 0.930. The van der Waals surface area contributed by atoms with E-state index in [1.54, 1.807) is 0 Å². The summed E-state index contributed by atoms with van der Waals surface area (Å²) in [7, 11) is 0. The molecule has 1 unspecified atom stereocenters. The molecule has 1 amide bonds. The fourth-order valence-electron chi connectivity index (χ4n) is 3.45. The maximum absolute atomic E-state index is 12.4. The van der Waals surface area contributed by atoms with Crippen molar-refractivity contribution in [2.24, 2.45) is 5.92 Å². The van der Waals surface area contributed by atoms with Gasteiger partial charge < -0.3 is 24.4 Å². The molecular weight excluding hydrogens is 372 g/mol. The lowest BCUT2D eigenvalue weighted by Gasteiger charge is -2.08. The summed E-state index contributed by atoms with van der Waals surface area (Å²) in [4.78, 5) is 12.4. The van der Waals surface area contributed by atoms with Crippen molar-refractivity contribution in [2.75, 3.05) is 19.8 Å². The number of fused-ring (bicyclic) bond motifs is 1.